The van der Waals surface area contributed by atoms with Gasteiger partial charge < -0.3 is 5.32 Å². The summed E-state index contributed by atoms with van der Waals surface area (Å²) in [7, 11) is 1.96. The van der Waals surface area contributed by atoms with Gasteiger partial charge in [-0.2, -0.15) is 0 Å². The molecule has 0 amide bonds. The molecule has 0 heterocycles. The molecule has 20 heavy (non-hydrogen) atoms. The predicted molar refractivity (Wildman–Crippen MR) is 82.7 cm³/mol. The smallest absolute Gasteiger partial charge is 0.123 e. The fourth-order valence-corrected chi connectivity index (χ4v) is 2.52. The van der Waals surface area contributed by atoms with Crippen LogP contribution in [0.1, 0.15) is 28.2 Å². The van der Waals surface area contributed by atoms with E-state index in [4.69, 9.17) is 0 Å². The Bertz CT molecular complexity index is 560. The van der Waals surface area contributed by atoms with E-state index in [9.17, 15) is 4.39 Å². The number of nitrogens with one attached hydrogen (secondary N) is 1. The topological polar surface area (TPSA) is 12.0 Å². The van der Waals surface area contributed by atoms with Crippen LogP contribution in [0.2, 0.25) is 0 Å². The lowest BCUT2D eigenvalue weighted by atomic mass is 9.89. The van der Waals surface area contributed by atoms with Crippen molar-refractivity contribution in [2.24, 2.45) is 0 Å². The molecule has 1 nitrogen and oxygen atoms in total. The highest BCUT2D eigenvalue weighted by Crippen LogP contribution is 2.23. The first-order valence-electron chi connectivity index (χ1n) is 7.06. The number of halogens is 1. The molecule has 2 heteroatoms. The van der Waals surface area contributed by atoms with E-state index in [1.807, 2.05) is 20.0 Å². The normalized spacial score (nSPS) is 12.4. The summed E-state index contributed by atoms with van der Waals surface area (Å²) in [6.45, 7) is 5.02. The maximum atomic E-state index is 13.4. The minimum absolute atomic E-state index is 0.155. The molecule has 0 aliphatic rings. The van der Waals surface area contributed by atoms with Crippen LogP contribution in [0.3, 0.4) is 0 Å². The molecular formula is C18H22FN. The predicted octanol–water partition coefficient (Wildman–Crippen LogP) is 3.99. The first-order valence-corrected chi connectivity index (χ1v) is 7.06. The number of aryl methyl sites for hydroxylation is 2. The summed E-state index contributed by atoms with van der Waals surface area (Å²) in [5.41, 5.74) is 4.80. The van der Waals surface area contributed by atoms with E-state index in [1.165, 1.54) is 17.2 Å². The molecule has 0 saturated carbocycles. The van der Waals surface area contributed by atoms with Gasteiger partial charge in [0.25, 0.3) is 0 Å². The van der Waals surface area contributed by atoms with Crippen LogP contribution in [0.4, 0.5) is 4.39 Å². The first kappa shape index (κ1) is 14.7. The minimum atomic E-state index is -0.155. The van der Waals surface area contributed by atoms with E-state index in [-0.39, 0.29) is 5.82 Å². The summed E-state index contributed by atoms with van der Waals surface area (Å²) in [6, 6.07) is 13.7. The maximum Gasteiger partial charge on any atom is 0.123 e. The number of rotatable bonds is 5. The van der Waals surface area contributed by atoms with Gasteiger partial charge in [-0.25, -0.2) is 4.39 Å². The van der Waals surface area contributed by atoms with Crippen molar-refractivity contribution in [3.63, 3.8) is 0 Å². The molecule has 0 aliphatic heterocycles. The SMILES string of the molecule is CNCC(Cc1cc(F)ccc1C)c1ccc(C)cc1. The van der Waals surface area contributed by atoms with Gasteiger partial charge in [-0.15, -0.1) is 0 Å². The van der Waals surface area contributed by atoms with Gasteiger partial charge in [-0.1, -0.05) is 35.9 Å². The zero-order valence-corrected chi connectivity index (χ0v) is 12.4. The lowest BCUT2D eigenvalue weighted by Crippen LogP contribution is -2.19. The largest absolute Gasteiger partial charge is 0.319 e. The van der Waals surface area contributed by atoms with Gasteiger partial charge in [-0.3, -0.25) is 0 Å². The molecule has 2 aromatic rings. The van der Waals surface area contributed by atoms with Crippen LogP contribution in [0.15, 0.2) is 42.5 Å². The zero-order valence-electron chi connectivity index (χ0n) is 12.4. The first-order chi connectivity index (χ1) is 9.60. The lowest BCUT2D eigenvalue weighted by molar-refractivity contribution is 0.606. The van der Waals surface area contributed by atoms with Gasteiger partial charge in [0.1, 0.15) is 5.82 Å². The standard InChI is InChI=1S/C18H22FN/c1-13-4-7-15(8-5-13)17(12-20-3)10-16-11-18(19)9-6-14(16)2/h4-9,11,17,20H,10,12H2,1-3H3. The van der Waals surface area contributed by atoms with Gasteiger partial charge in [0.15, 0.2) is 0 Å². The van der Waals surface area contributed by atoms with Gasteiger partial charge in [0, 0.05) is 12.5 Å². The van der Waals surface area contributed by atoms with Crippen LogP contribution in [0.25, 0.3) is 0 Å². The third kappa shape index (κ3) is 3.67. The monoisotopic (exact) mass is 271 g/mol. The maximum absolute atomic E-state index is 13.4. The van der Waals surface area contributed by atoms with Crippen LogP contribution in [0.5, 0.6) is 0 Å². The molecule has 2 aromatic carbocycles. The number of likely N-dealkylation sites (N-methyl/N-ethyl adjacent to an activating group) is 1. The summed E-state index contributed by atoms with van der Waals surface area (Å²) in [5.74, 6) is 0.207. The molecule has 0 spiro atoms. The molecule has 2 rings (SSSR count). The Balaban J connectivity index is 2.25. The Hall–Kier alpha value is -1.67. The second-order valence-corrected chi connectivity index (χ2v) is 5.44. The van der Waals surface area contributed by atoms with Crippen molar-refractivity contribution in [2.45, 2.75) is 26.2 Å². The molecule has 0 aromatic heterocycles. The van der Waals surface area contributed by atoms with Crippen molar-refractivity contribution in [1.29, 1.82) is 0 Å². The van der Waals surface area contributed by atoms with Crippen molar-refractivity contribution >= 4 is 0 Å². The molecule has 0 aliphatic carbocycles. The van der Waals surface area contributed by atoms with E-state index >= 15 is 0 Å². The Morgan fingerprint density at radius 2 is 1.75 bits per heavy atom. The molecule has 0 radical (unpaired) electrons. The lowest BCUT2D eigenvalue weighted by Gasteiger charge is -2.19. The van der Waals surface area contributed by atoms with Gasteiger partial charge in [-0.05, 0) is 56.1 Å². The van der Waals surface area contributed by atoms with Crippen LogP contribution in [-0.4, -0.2) is 13.6 Å². The van der Waals surface area contributed by atoms with E-state index in [0.29, 0.717) is 5.92 Å². The number of benzene rings is 2. The third-order valence-corrected chi connectivity index (χ3v) is 3.78. The summed E-state index contributed by atoms with van der Waals surface area (Å²) < 4.78 is 13.4. The van der Waals surface area contributed by atoms with Crippen LogP contribution in [-0.2, 0) is 6.42 Å². The fraction of sp³-hybridized carbons (Fsp3) is 0.333. The minimum Gasteiger partial charge on any atom is -0.319 e. The molecule has 1 unspecified atom stereocenters. The van der Waals surface area contributed by atoms with Crippen molar-refractivity contribution in [1.82, 2.24) is 5.32 Å². The number of hydrogen-bond acceptors (Lipinski definition) is 1. The van der Waals surface area contributed by atoms with Crippen molar-refractivity contribution in [3.05, 3.63) is 70.5 Å². The molecular weight excluding hydrogens is 249 g/mol. The Morgan fingerprint density at radius 1 is 1.05 bits per heavy atom. The molecule has 0 saturated heterocycles. The summed E-state index contributed by atoms with van der Waals surface area (Å²) in [6.07, 6.45) is 0.855. The van der Waals surface area contributed by atoms with Gasteiger partial charge >= 0.3 is 0 Å². The molecule has 1 atom stereocenters. The Labute approximate surface area is 120 Å². The van der Waals surface area contributed by atoms with E-state index < -0.39 is 0 Å². The Morgan fingerprint density at radius 3 is 2.40 bits per heavy atom. The highest BCUT2D eigenvalue weighted by molar-refractivity contribution is 5.31. The summed E-state index contributed by atoms with van der Waals surface area (Å²) >= 11 is 0. The second kappa shape index (κ2) is 6.67. The highest BCUT2D eigenvalue weighted by atomic mass is 19.1. The molecule has 1 N–H and O–H groups in total. The van der Waals surface area contributed by atoms with Crippen molar-refractivity contribution < 1.29 is 4.39 Å². The molecule has 0 fully saturated rings. The average molecular weight is 271 g/mol. The number of hydrogen-bond donors (Lipinski definition) is 1. The fourth-order valence-electron chi connectivity index (χ4n) is 2.52. The van der Waals surface area contributed by atoms with Crippen molar-refractivity contribution in [3.8, 4) is 0 Å². The third-order valence-electron chi connectivity index (χ3n) is 3.78. The quantitative estimate of drug-likeness (QED) is 0.867. The van der Waals surface area contributed by atoms with Gasteiger partial charge in [0.2, 0.25) is 0 Å². The molecule has 0 bridgehead atoms. The Kier molecular flexibility index (Phi) is 4.91. The average Bonchev–Trinajstić information content (AvgIpc) is 2.43. The molecule has 106 valence electrons. The van der Waals surface area contributed by atoms with E-state index in [0.717, 1.165) is 24.1 Å². The van der Waals surface area contributed by atoms with E-state index in [2.05, 4.69) is 36.5 Å². The second-order valence-electron chi connectivity index (χ2n) is 5.44. The van der Waals surface area contributed by atoms with Crippen LogP contribution >= 0.6 is 0 Å². The van der Waals surface area contributed by atoms with E-state index in [1.54, 1.807) is 6.07 Å². The zero-order chi connectivity index (χ0) is 14.5. The highest BCUT2D eigenvalue weighted by Gasteiger charge is 2.13. The van der Waals surface area contributed by atoms with Crippen LogP contribution in [0, 0.1) is 19.7 Å². The summed E-state index contributed by atoms with van der Waals surface area (Å²) in [5, 5.41) is 3.24. The van der Waals surface area contributed by atoms with Gasteiger partial charge in [0.05, 0.1) is 0 Å². The van der Waals surface area contributed by atoms with Crippen molar-refractivity contribution in [2.75, 3.05) is 13.6 Å². The summed E-state index contributed by atoms with van der Waals surface area (Å²) in [4.78, 5) is 0. The van der Waals surface area contributed by atoms with Crippen LogP contribution < -0.4 is 5.32 Å².